The van der Waals surface area contributed by atoms with Crippen molar-refractivity contribution in [2.75, 3.05) is 6.54 Å². The van der Waals surface area contributed by atoms with Crippen molar-refractivity contribution in [2.24, 2.45) is 0 Å². The molecule has 0 aliphatic carbocycles. The summed E-state index contributed by atoms with van der Waals surface area (Å²) >= 11 is 0. The van der Waals surface area contributed by atoms with E-state index in [1.165, 1.54) is 18.3 Å². The first-order valence-electron chi connectivity index (χ1n) is 8.32. The Balaban J connectivity index is 1.77. The van der Waals surface area contributed by atoms with Crippen LogP contribution in [0.25, 0.3) is 5.69 Å². The first kappa shape index (κ1) is 17.7. The third kappa shape index (κ3) is 3.61. The van der Waals surface area contributed by atoms with Crippen LogP contribution in [0, 0.1) is 12.7 Å². The van der Waals surface area contributed by atoms with Gasteiger partial charge in [0.15, 0.2) is 0 Å². The largest absolute Gasteiger partial charge is 0.350 e. The molecule has 0 atom stereocenters. The number of carbonyl (C=O) groups excluding carboxylic acids is 1. The van der Waals surface area contributed by atoms with E-state index < -0.39 is 0 Å². The fourth-order valence-corrected chi connectivity index (χ4v) is 2.70. The standard InChI is InChI=1S/C17H20FN7O/c1-11(2)16-15(10-20-25(16)14-6-4-13(18)5-7-14)17(26)19-8-9-24-12(3)21-22-23-24/h4-7,10-11H,8-9H2,1-3H3,(H,19,26). The lowest BCUT2D eigenvalue weighted by molar-refractivity contribution is 0.0950. The monoisotopic (exact) mass is 357 g/mol. The van der Waals surface area contributed by atoms with Gasteiger partial charge in [0.2, 0.25) is 0 Å². The normalized spacial score (nSPS) is 11.1. The molecule has 0 spiro atoms. The van der Waals surface area contributed by atoms with Gasteiger partial charge in [-0.25, -0.2) is 13.8 Å². The van der Waals surface area contributed by atoms with E-state index in [1.54, 1.807) is 28.4 Å². The molecular weight excluding hydrogens is 337 g/mol. The van der Waals surface area contributed by atoms with Crippen molar-refractivity contribution < 1.29 is 9.18 Å². The second-order valence-electron chi connectivity index (χ2n) is 6.19. The van der Waals surface area contributed by atoms with Gasteiger partial charge in [-0.05, 0) is 47.5 Å². The van der Waals surface area contributed by atoms with Crippen molar-refractivity contribution in [3.63, 3.8) is 0 Å². The lowest BCUT2D eigenvalue weighted by atomic mass is 10.1. The van der Waals surface area contributed by atoms with Crippen molar-refractivity contribution in [2.45, 2.75) is 33.2 Å². The third-order valence-electron chi connectivity index (χ3n) is 3.99. The molecule has 0 saturated heterocycles. The summed E-state index contributed by atoms with van der Waals surface area (Å²) in [6.45, 7) is 6.64. The quantitative estimate of drug-likeness (QED) is 0.727. The molecule has 3 aromatic rings. The average Bonchev–Trinajstić information content (AvgIpc) is 3.22. The van der Waals surface area contributed by atoms with Gasteiger partial charge in [0, 0.05) is 6.54 Å². The molecule has 1 N–H and O–H groups in total. The number of aromatic nitrogens is 6. The zero-order valence-corrected chi connectivity index (χ0v) is 14.8. The molecule has 1 aromatic carbocycles. The highest BCUT2D eigenvalue weighted by atomic mass is 19.1. The number of carbonyl (C=O) groups is 1. The molecule has 26 heavy (non-hydrogen) atoms. The van der Waals surface area contributed by atoms with Gasteiger partial charge in [0.1, 0.15) is 11.6 Å². The van der Waals surface area contributed by atoms with Gasteiger partial charge in [0.25, 0.3) is 5.91 Å². The fourth-order valence-electron chi connectivity index (χ4n) is 2.70. The number of aryl methyl sites for hydroxylation is 1. The number of nitrogens with zero attached hydrogens (tertiary/aromatic N) is 6. The van der Waals surface area contributed by atoms with Crippen LogP contribution in [0.4, 0.5) is 4.39 Å². The molecule has 0 unspecified atom stereocenters. The van der Waals surface area contributed by atoms with Crippen LogP contribution in [-0.2, 0) is 6.54 Å². The van der Waals surface area contributed by atoms with Crippen LogP contribution in [0.15, 0.2) is 30.5 Å². The van der Waals surface area contributed by atoms with Crippen molar-refractivity contribution in [3.8, 4) is 5.69 Å². The van der Waals surface area contributed by atoms with E-state index in [2.05, 4.69) is 25.9 Å². The predicted molar refractivity (Wildman–Crippen MR) is 92.5 cm³/mol. The van der Waals surface area contributed by atoms with Crippen molar-refractivity contribution in [1.82, 2.24) is 35.3 Å². The molecule has 3 rings (SSSR count). The number of hydrogen-bond acceptors (Lipinski definition) is 5. The third-order valence-corrected chi connectivity index (χ3v) is 3.99. The summed E-state index contributed by atoms with van der Waals surface area (Å²) in [5.74, 6) is 0.215. The van der Waals surface area contributed by atoms with Gasteiger partial charge < -0.3 is 5.32 Å². The van der Waals surface area contributed by atoms with E-state index in [9.17, 15) is 9.18 Å². The van der Waals surface area contributed by atoms with Crippen LogP contribution in [0.2, 0.25) is 0 Å². The highest BCUT2D eigenvalue weighted by molar-refractivity contribution is 5.95. The van der Waals surface area contributed by atoms with E-state index in [0.717, 1.165) is 5.69 Å². The van der Waals surface area contributed by atoms with E-state index >= 15 is 0 Å². The first-order chi connectivity index (χ1) is 12.5. The second kappa shape index (κ2) is 7.42. The lowest BCUT2D eigenvalue weighted by Gasteiger charge is -2.13. The van der Waals surface area contributed by atoms with Crippen LogP contribution < -0.4 is 5.32 Å². The number of tetrazole rings is 1. The minimum atomic E-state index is -0.317. The van der Waals surface area contributed by atoms with E-state index in [4.69, 9.17) is 0 Å². The van der Waals surface area contributed by atoms with Gasteiger partial charge in [-0.2, -0.15) is 5.10 Å². The van der Waals surface area contributed by atoms with Crippen molar-refractivity contribution in [3.05, 3.63) is 53.4 Å². The summed E-state index contributed by atoms with van der Waals surface area (Å²) in [5, 5.41) is 18.4. The maximum absolute atomic E-state index is 13.2. The number of benzene rings is 1. The van der Waals surface area contributed by atoms with Crippen LogP contribution >= 0.6 is 0 Å². The average molecular weight is 357 g/mol. The lowest BCUT2D eigenvalue weighted by Crippen LogP contribution is -2.28. The van der Waals surface area contributed by atoms with Gasteiger partial charge in [-0.3, -0.25) is 4.79 Å². The minimum Gasteiger partial charge on any atom is -0.350 e. The number of nitrogens with one attached hydrogen (secondary N) is 1. The smallest absolute Gasteiger partial charge is 0.254 e. The molecule has 136 valence electrons. The molecule has 0 fully saturated rings. The molecule has 0 bridgehead atoms. The maximum atomic E-state index is 13.2. The van der Waals surface area contributed by atoms with Crippen LogP contribution in [0.1, 0.15) is 41.6 Å². The van der Waals surface area contributed by atoms with Crippen molar-refractivity contribution in [1.29, 1.82) is 0 Å². The molecular formula is C17H20FN7O. The van der Waals surface area contributed by atoms with Gasteiger partial charge >= 0.3 is 0 Å². The summed E-state index contributed by atoms with van der Waals surface area (Å²) in [6.07, 6.45) is 1.54. The molecule has 8 nitrogen and oxygen atoms in total. The molecule has 2 aromatic heterocycles. The molecule has 2 heterocycles. The van der Waals surface area contributed by atoms with Gasteiger partial charge in [-0.15, -0.1) is 5.10 Å². The fraction of sp³-hybridized carbons (Fsp3) is 0.353. The molecule has 0 saturated carbocycles. The van der Waals surface area contributed by atoms with Crippen LogP contribution in [-0.4, -0.2) is 42.4 Å². The summed E-state index contributed by atoms with van der Waals surface area (Å²) < 4.78 is 16.5. The first-order valence-corrected chi connectivity index (χ1v) is 8.32. The Morgan fingerprint density at radius 2 is 2.00 bits per heavy atom. The van der Waals surface area contributed by atoms with Gasteiger partial charge in [0.05, 0.1) is 29.7 Å². The molecule has 0 aliphatic heterocycles. The summed E-state index contributed by atoms with van der Waals surface area (Å²) in [4.78, 5) is 12.6. The predicted octanol–water partition coefficient (Wildman–Crippen LogP) is 1.86. The maximum Gasteiger partial charge on any atom is 0.254 e. The number of amides is 1. The summed E-state index contributed by atoms with van der Waals surface area (Å²) in [5.41, 5.74) is 1.98. The number of hydrogen-bond donors (Lipinski definition) is 1. The highest BCUT2D eigenvalue weighted by Gasteiger charge is 2.20. The highest BCUT2D eigenvalue weighted by Crippen LogP contribution is 2.23. The van der Waals surface area contributed by atoms with E-state index in [-0.39, 0.29) is 17.6 Å². The van der Waals surface area contributed by atoms with E-state index in [1.807, 2.05) is 13.8 Å². The Hall–Kier alpha value is -3.10. The Bertz CT molecular complexity index is 898. The SMILES string of the molecule is Cc1nnnn1CCNC(=O)c1cnn(-c2ccc(F)cc2)c1C(C)C. The molecule has 0 aliphatic rings. The van der Waals surface area contributed by atoms with Crippen LogP contribution in [0.3, 0.4) is 0 Å². The molecule has 0 radical (unpaired) electrons. The zero-order chi connectivity index (χ0) is 18.7. The Morgan fingerprint density at radius 1 is 1.27 bits per heavy atom. The minimum absolute atomic E-state index is 0.0602. The van der Waals surface area contributed by atoms with Crippen molar-refractivity contribution >= 4 is 5.91 Å². The summed E-state index contributed by atoms with van der Waals surface area (Å²) in [6, 6.07) is 6.01. The van der Waals surface area contributed by atoms with E-state index in [0.29, 0.717) is 30.2 Å². The zero-order valence-electron chi connectivity index (χ0n) is 14.8. The number of rotatable bonds is 6. The van der Waals surface area contributed by atoms with Gasteiger partial charge in [-0.1, -0.05) is 13.8 Å². The second-order valence-corrected chi connectivity index (χ2v) is 6.19. The molecule has 1 amide bonds. The topological polar surface area (TPSA) is 90.5 Å². The van der Waals surface area contributed by atoms with Crippen LogP contribution in [0.5, 0.6) is 0 Å². The Morgan fingerprint density at radius 3 is 2.62 bits per heavy atom. The Kier molecular flexibility index (Phi) is 5.06. The number of halogens is 1. The Labute approximate surface area is 150 Å². The molecule has 9 heteroatoms. The summed E-state index contributed by atoms with van der Waals surface area (Å²) in [7, 11) is 0.